The first-order valence-electron chi connectivity index (χ1n) is 11.4. The Morgan fingerprint density at radius 3 is 1.91 bits per heavy atom. The molecule has 0 aliphatic heterocycles. The average molecular weight is 495 g/mol. The van der Waals surface area contributed by atoms with Gasteiger partial charge in [-0.1, -0.05) is 91.0 Å². The monoisotopic (exact) mass is 494 g/mol. The summed E-state index contributed by atoms with van der Waals surface area (Å²) < 4.78 is 18.6. The second-order valence-corrected chi connectivity index (χ2v) is 9.98. The number of hydrogen-bond acceptors (Lipinski definition) is 5. The van der Waals surface area contributed by atoms with Crippen LogP contribution < -0.4 is 11.1 Å². The van der Waals surface area contributed by atoms with Crippen LogP contribution in [-0.2, 0) is 36.9 Å². The third-order valence-electron chi connectivity index (χ3n) is 5.86. The molecule has 0 fully saturated rings. The number of carboxylic acid groups (broad SMARTS) is 1. The lowest BCUT2D eigenvalue weighted by Gasteiger charge is -2.30. The Labute approximate surface area is 206 Å². The fourth-order valence-corrected chi connectivity index (χ4v) is 5.32. The van der Waals surface area contributed by atoms with E-state index in [1.807, 2.05) is 54.6 Å². The highest BCUT2D eigenvalue weighted by Crippen LogP contribution is 2.37. The van der Waals surface area contributed by atoms with Gasteiger partial charge < -0.3 is 20.7 Å². The van der Waals surface area contributed by atoms with E-state index in [9.17, 15) is 19.3 Å². The standard InChI is InChI=1S/C27H31N2O5P/c1-27(22-15-9-4-10-16-22,19-35(33)34-24(28)18-21-13-7-3-8-14-21)26(32)29-23(25(30)31)17-20-11-5-2-6-12-20/h2-16,23-24,35H,17-19,28H2,1H3,(H,29,32)(H,30,31)/t23-,24?,27?/m0/s1. The fraction of sp³-hybridized carbons (Fsp3) is 0.259. The van der Waals surface area contributed by atoms with E-state index in [-0.39, 0.29) is 12.6 Å². The number of carboxylic acids is 1. The van der Waals surface area contributed by atoms with Crippen molar-refractivity contribution in [2.24, 2.45) is 5.73 Å². The summed E-state index contributed by atoms with van der Waals surface area (Å²) in [5, 5.41) is 12.4. The van der Waals surface area contributed by atoms with Crippen LogP contribution in [0.15, 0.2) is 91.0 Å². The summed E-state index contributed by atoms with van der Waals surface area (Å²) >= 11 is 0. The Hall–Kier alpha value is -3.25. The molecule has 184 valence electrons. The molecule has 3 rings (SSSR count). The number of carbonyl (C=O) groups excluding carboxylic acids is 1. The van der Waals surface area contributed by atoms with Gasteiger partial charge in [0.05, 0.1) is 5.41 Å². The predicted molar refractivity (Wildman–Crippen MR) is 137 cm³/mol. The Kier molecular flexibility index (Phi) is 9.38. The number of nitrogens with one attached hydrogen (secondary N) is 1. The molecule has 0 bridgehead atoms. The lowest BCUT2D eigenvalue weighted by atomic mass is 9.83. The number of amides is 1. The van der Waals surface area contributed by atoms with E-state index in [2.05, 4.69) is 5.32 Å². The van der Waals surface area contributed by atoms with Crippen LogP contribution in [0.25, 0.3) is 0 Å². The maximum absolute atomic E-state index is 13.5. The van der Waals surface area contributed by atoms with E-state index in [0.717, 1.165) is 11.1 Å². The summed E-state index contributed by atoms with van der Waals surface area (Å²) in [4.78, 5) is 25.4. The Morgan fingerprint density at radius 2 is 1.40 bits per heavy atom. The van der Waals surface area contributed by atoms with Crippen molar-refractivity contribution in [2.45, 2.75) is 37.5 Å². The molecule has 4 atom stereocenters. The van der Waals surface area contributed by atoms with E-state index in [4.69, 9.17) is 10.3 Å². The minimum atomic E-state index is -2.75. The molecule has 7 nitrogen and oxygen atoms in total. The van der Waals surface area contributed by atoms with Crippen molar-refractivity contribution in [3.63, 3.8) is 0 Å². The van der Waals surface area contributed by atoms with Crippen LogP contribution >= 0.6 is 8.03 Å². The first-order valence-corrected chi connectivity index (χ1v) is 12.9. The van der Waals surface area contributed by atoms with Crippen molar-refractivity contribution in [2.75, 3.05) is 6.16 Å². The second-order valence-electron chi connectivity index (χ2n) is 8.65. The van der Waals surface area contributed by atoms with Crippen LogP contribution in [0.3, 0.4) is 0 Å². The van der Waals surface area contributed by atoms with E-state index in [1.54, 1.807) is 43.3 Å². The molecule has 0 heterocycles. The highest BCUT2D eigenvalue weighted by molar-refractivity contribution is 7.39. The summed E-state index contributed by atoms with van der Waals surface area (Å²) in [6.07, 6.45) is -0.408. The number of aliphatic carboxylic acids is 1. The Bertz CT molecular complexity index is 1130. The summed E-state index contributed by atoms with van der Waals surface area (Å²) in [5.41, 5.74) is 7.13. The summed E-state index contributed by atoms with van der Waals surface area (Å²) in [5.74, 6) is -1.68. The van der Waals surface area contributed by atoms with Gasteiger partial charge in [-0.25, -0.2) is 4.79 Å². The largest absolute Gasteiger partial charge is 0.480 e. The first-order chi connectivity index (χ1) is 16.8. The van der Waals surface area contributed by atoms with E-state index < -0.39 is 37.6 Å². The number of nitrogens with two attached hydrogens (primary N) is 1. The molecule has 0 aliphatic carbocycles. The van der Waals surface area contributed by atoms with Crippen LogP contribution in [0.1, 0.15) is 23.6 Å². The molecule has 0 saturated carbocycles. The third kappa shape index (κ3) is 7.62. The molecule has 4 N–H and O–H groups in total. The number of rotatable bonds is 12. The van der Waals surface area contributed by atoms with Gasteiger partial charge in [0, 0.05) is 19.0 Å². The van der Waals surface area contributed by atoms with Crippen LogP contribution in [0, 0.1) is 0 Å². The van der Waals surface area contributed by atoms with E-state index in [0.29, 0.717) is 12.0 Å². The second kappa shape index (κ2) is 12.5. The smallest absolute Gasteiger partial charge is 0.326 e. The molecular formula is C27H31N2O5P. The van der Waals surface area contributed by atoms with Crippen LogP contribution in [-0.4, -0.2) is 35.4 Å². The van der Waals surface area contributed by atoms with Crippen molar-refractivity contribution in [1.82, 2.24) is 5.32 Å². The fourth-order valence-electron chi connectivity index (χ4n) is 3.87. The van der Waals surface area contributed by atoms with Gasteiger partial charge in [0.1, 0.15) is 12.3 Å². The Balaban J connectivity index is 1.76. The first kappa shape index (κ1) is 26.4. The van der Waals surface area contributed by atoms with Gasteiger partial charge in [0.25, 0.3) is 0 Å². The quantitative estimate of drug-likeness (QED) is 0.261. The maximum atomic E-state index is 13.5. The molecule has 3 aromatic rings. The zero-order chi connectivity index (χ0) is 25.3. The highest BCUT2D eigenvalue weighted by Gasteiger charge is 2.39. The summed E-state index contributed by atoms with van der Waals surface area (Å²) in [7, 11) is -2.75. The molecule has 0 spiro atoms. The van der Waals surface area contributed by atoms with Gasteiger partial charge >= 0.3 is 5.97 Å². The predicted octanol–water partition coefficient (Wildman–Crippen LogP) is 3.78. The van der Waals surface area contributed by atoms with Gasteiger partial charge in [0.15, 0.2) is 8.03 Å². The minimum absolute atomic E-state index is 0.117. The molecule has 0 radical (unpaired) electrons. The van der Waals surface area contributed by atoms with Crippen molar-refractivity contribution in [3.8, 4) is 0 Å². The normalized spacial score (nSPS) is 15.4. The van der Waals surface area contributed by atoms with Gasteiger partial charge in [0.2, 0.25) is 5.91 Å². The van der Waals surface area contributed by atoms with Gasteiger partial charge in [-0.3, -0.25) is 9.36 Å². The zero-order valence-corrected chi connectivity index (χ0v) is 20.6. The van der Waals surface area contributed by atoms with Gasteiger partial charge in [-0.15, -0.1) is 0 Å². The van der Waals surface area contributed by atoms with Crippen LogP contribution in [0.4, 0.5) is 0 Å². The minimum Gasteiger partial charge on any atom is -0.480 e. The third-order valence-corrected chi connectivity index (χ3v) is 7.42. The SMILES string of the molecule is CC(C[PH](=O)OC(N)Cc1ccccc1)(C(=O)N[C@@H](Cc1ccccc1)C(=O)O)c1ccccc1. The summed E-state index contributed by atoms with van der Waals surface area (Å²) in [6, 6.07) is 26.3. The van der Waals surface area contributed by atoms with Crippen molar-refractivity contribution in [1.29, 1.82) is 0 Å². The molecule has 0 saturated heterocycles. The van der Waals surface area contributed by atoms with Gasteiger partial charge in [-0.05, 0) is 23.6 Å². The highest BCUT2D eigenvalue weighted by atomic mass is 31.1. The van der Waals surface area contributed by atoms with E-state index >= 15 is 0 Å². The topological polar surface area (TPSA) is 119 Å². The molecule has 0 aliphatic rings. The van der Waals surface area contributed by atoms with E-state index in [1.165, 1.54) is 0 Å². The average Bonchev–Trinajstić information content (AvgIpc) is 2.85. The summed E-state index contributed by atoms with van der Waals surface area (Å²) in [6.45, 7) is 1.65. The zero-order valence-electron chi connectivity index (χ0n) is 19.6. The molecular weight excluding hydrogens is 463 g/mol. The van der Waals surface area contributed by atoms with Crippen molar-refractivity contribution in [3.05, 3.63) is 108 Å². The number of benzene rings is 3. The maximum Gasteiger partial charge on any atom is 0.326 e. The van der Waals surface area contributed by atoms with Gasteiger partial charge in [-0.2, -0.15) is 0 Å². The molecule has 3 unspecified atom stereocenters. The molecule has 0 aromatic heterocycles. The molecule has 35 heavy (non-hydrogen) atoms. The number of carbonyl (C=O) groups is 2. The van der Waals surface area contributed by atoms with Crippen LogP contribution in [0.2, 0.25) is 0 Å². The van der Waals surface area contributed by atoms with Crippen molar-refractivity contribution >= 4 is 19.9 Å². The molecule has 8 heteroatoms. The molecule has 1 amide bonds. The number of hydrogen-bond donors (Lipinski definition) is 3. The van der Waals surface area contributed by atoms with Crippen LogP contribution in [0.5, 0.6) is 0 Å². The Morgan fingerprint density at radius 1 is 0.914 bits per heavy atom. The lowest BCUT2D eigenvalue weighted by Crippen LogP contribution is -2.51. The molecule has 3 aromatic carbocycles. The lowest BCUT2D eigenvalue weighted by molar-refractivity contribution is -0.142. The van der Waals surface area contributed by atoms with Crippen molar-refractivity contribution < 1.29 is 23.8 Å².